The molecule has 20 heavy (non-hydrogen) atoms. The van der Waals surface area contributed by atoms with Crippen molar-refractivity contribution < 1.29 is 21.6 Å². The molecule has 1 saturated heterocycles. The Kier molecular flexibility index (Phi) is 5.42. The molecular weight excluding hydrogens is 317 g/mol. The molecule has 0 aromatic heterocycles. The standard InChI is InChI=1S/C11H13F3N2O2S.ClH/c12-7-4-9(13)11(10(14)5-7)19(17,18)16-3-1-2-8(15)6-16;/h4-5,8H,1-3,6,15H2;1H/t8-;/m1./s1. The van der Waals surface area contributed by atoms with Gasteiger partial charge in [0.2, 0.25) is 10.0 Å². The molecule has 0 amide bonds. The quantitative estimate of drug-likeness (QED) is 0.896. The number of nitrogens with two attached hydrogens (primary N) is 1. The van der Waals surface area contributed by atoms with Crippen LogP contribution in [0.2, 0.25) is 0 Å². The SMILES string of the molecule is Cl.N[C@@H]1CCCN(S(=O)(=O)c2c(F)cc(F)cc2F)C1. The van der Waals surface area contributed by atoms with Crippen LogP contribution in [0.4, 0.5) is 13.2 Å². The highest BCUT2D eigenvalue weighted by atomic mass is 35.5. The maximum Gasteiger partial charge on any atom is 0.248 e. The average molecular weight is 331 g/mol. The van der Waals surface area contributed by atoms with E-state index < -0.39 is 32.4 Å². The van der Waals surface area contributed by atoms with E-state index >= 15 is 0 Å². The molecule has 1 fully saturated rings. The van der Waals surface area contributed by atoms with E-state index in [1.165, 1.54) is 0 Å². The topological polar surface area (TPSA) is 63.4 Å². The first-order valence-electron chi connectivity index (χ1n) is 5.72. The molecule has 9 heteroatoms. The lowest BCUT2D eigenvalue weighted by Gasteiger charge is -2.30. The summed E-state index contributed by atoms with van der Waals surface area (Å²) >= 11 is 0. The highest BCUT2D eigenvalue weighted by Gasteiger charge is 2.33. The summed E-state index contributed by atoms with van der Waals surface area (Å²) in [7, 11) is -4.34. The minimum absolute atomic E-state index is 0. The predicted molar refractivity (Wildman–Crippen MR) is 69.5 cm³/mol. The molecule has 0 bridgehead atoms. The molecule has 0 spiro atoms. The number of halogens is 4. The Bertz CT molecular complexity index is 574. The maximum absolute atomic E-state index is 13.5. The van der Waals surface area contributed by atoms with Crippen molar-refractivity contribution in [2.45, 2.75) is 23.8 Å². The van der Waals surface area contributed by atoms with Crippen LogP contribution in [0.25, 0.3) is 0 Å². The average Bonchev–Trinajstić information content (AvgIpc) is 2.26. The number of nitrogens with zero attached hydrogens (tertiary/aromatic N) is 1. The number of benzene rings is 1. The van der Waals surface area contributed by atoms with Crippen LogP contribution < -0.4 is 5.73 Å². The van der Waals surface area contributed by atoms with Gasteiger partial charge in [-0.05, 0) is 12.8 Å². The first-order chi connectivity index (χ1) is 8.82. The molecule has 1 aliphatic heterocycles. The number of sulfonamides is 1. The van der Waals surface area contributed by atoms with Crippen LogP contribution in [-0.2, 0) is 10.0 Å². The van der Waals surface area contributed by atoms with Gasteiger partial charge in [-0.3, -0.25) is 0 Å². The fourth-order valence-electron chi connectivity index (χ4n) is 2.10. The van der Waals surface area contributed by atoms with Gasteiger partial charge in [0.25, 0.3) is 0 Å². The second-order valence-corrected chi connectivity index (χ2v) is 6.34. The van der Waals surface area contributed by atoms with Crippen molar-refractivity contribution in [3.63, 3.8) is 0 Å². The molecule has 0 unspecified atom stereocenters. The summed E-state index contributed by atoms with van der Waals surface area (Å²) in [5.41, 5.74) is 5.65. The van der Waals surface area contributed by atoms with Crippen LogP contribution >= 0.6 is 12.4 Å². The predicted octanol–water partition coefficient (Wildman–Crippen LogP) is 1.64. The molecule has 4 nitrogen and oxygen atoms in total. The smallest absolute Gasteiger partial charge is 0.248 e. The van der Waals surface area contributed by atoms with E-state index in [-0.39, 0.29) is 31.5 Å². The molecule has 1 aromatic carbocycles. The van der Waals surface area contributed by atoms with Crippen molar-refractivity contribution in [2.24, 2.45) is 5.73 Å². The van der Waals surface area contributed by atoms with E-state index in [1.54, 1.807) is 0 Å². The summed E-state index contributed by atoms with van der Waals surface area (Å²) in [4.78, 5) is -1.12. The summed E-state index contributed by atoms with van der Waals surface area (Å²) < 4.78 is 65.1. The van der Waals surface area contributed by atoms with E-state index in [1.807, 2.05) is 0 Å². The van der Waals surface area contributed by atoms with Gasteiger partial charge in [0.15, 0.2) is 4.90 Å². The Hall–Kier alpha value is -0.830. The first kappa shape index (κ1) is 17.2. The molecule has 2 rings (SSSR count). The second kappa shape index (κ2) is 6.30. The van der Waals surface area contributed by atoms with Gasteiger partial charge < -0.3 is 5.73 Å². The zero-order valence-electron chi connectivity index (χ0n) is 10.4. The van der Waals surface area contributed by atoms with Gasteiger partial charge in [0.1, 0.15) is 17.5 Å². The number of hydrogen-bond acceptors (Lipinski definition) is 3. The molecule has 1 atom stereocenters. The fourth-order valence-corrected chi connectivity index (χ4v) is 3.72. The molecule has 0 saturated carbocycles. The molecule has 0 aliphatic carbocycles. The summed E-state index contributed by atoms with van der Waals surface area (Å²) in [6.07, 6.45) is 1.17. The summed E-state index contributed by atoms with van der Waals surface area (Å²) in [6, 6.07) is 0.328. The van der Waals surface area contributed by atoms with Gasteiger partial charge >= 0.3 is 0 Å². The monoisotopic (exact) mass is 330 g/mol. The molecular formula is C11H14ClF3N2O2S. The lowest BCUT2D eigenvalue weighted by molar-refractivity contribution is 0.313. The summed E-state index contributed by atoms with van der Waals surface area (Å²) in [5, 5.41) is 0. The fraction of sp³-hybridized carbons (Fsp3) is 0.455. The van der Waals surface area contributed by atoms with Crippen molar-refractivity contribution in [1.29, 1.82) is 0 Å². The minimum Gasteiger partial charge on any atom is -0.327 e. The van der Waals surface area contributed by atoms with Gasteiger partial charge in [0.05, 0.1) is 0 Å². The van der Waals surface area contributed by atoms with Crippen LogP contribution in [0.1, 0.15) is 12.8 Å². The van der Waals surface area contributed by atoms with Crippen molar-refractivity contribution in [3.05, 3.63) is 29.6 Å². The summed E-state index contributed by atoms with van der Waals surface area (Å²) in [5.74, 6) is -4.03. The van der Waals surface area contributed by atoms with Gasteiger partial charge in [0, 0.05) is 31.3 Å². The zero-order chi connectivity index (χ0) is 14.2. The zero-order valence-corrected chi connectivity index (χ0v) is 12.0. The molecule has 1 heterocycles. The Labute approximate surface area is 121 Å². The molecule has 1 aliphatic rings. The lowest BCUT2D eigenvalue weighted by atomic mass is 10.1. The van der Waals surface area contributed by atoms with Crippen LogP contribution in [0, 0.1) is 17.5 Å². The third-order valence-corrected chi connectivity index (χ3v) is 4.90. The Morgan fingerprint density at radius 3 is 2.25 bits per heavy atom. The second-order valence-electron chi connectivity index (χ2n) is 4.46. The van der Waals surface area contributed by atoms with E-state index in [0.29, 0.717) is 25.0 Å². The number of rotatable bonds is 2. The van der Waals surface area contributed by atoms with E-state index in [2.05, 4.69) is 0 Å². The van der Waals surface area contributed by atoms with E-state index in [9.17, 15) is 21.6 Å². The minimum atomic E-state index is -4.34. The van der Waals surface area contributed by atoms with E-state index in [0.717, 1.165) is 4.31 Å². The van der Waals surface area contributed by atoms with Crippen LogP contribution in [0.5, 0.6) is 0 Å². The molecule has 0 radical (unpaired) electrons. The van der Waals surface area contributed by atoms with Crippen molar-refractivity contribution in [3.8, 4) is 0 Å². The van der Waals surface area contributed by atoms with Gasteiger partial charge in [-0.15, -0.1) is 12.4 Å². The molecule has 114 valence electrons. The van der Waals surface area contributed by atoms with Crippen molar-refractivity contribution in [1.82, 2.24) is 4.31 Å². The van der Waals surface area contributed by atoms with Gasteiger partial charge in [-0.1, -0.05) is 0 Å². The van der Waals surface area contributed by atoms with Crippen molar-refractivity contribution >= 4 is 22.4 Å². The lowest BCUT2D eigenvalue weighted by Crippen LogP contribution is -2.46. The maximum atomic E-state index is 13.5. The number of hydrogen-bond donors (Lipinski definition) is 1. The van der Waals surface area contributed by atoms with E-state index in [4.69, 9.17) is 5.73 Å². The van der Waals surface area contributed by atoms with Gasteiger partial charge in [-0.2, -0.15) is 4.31 Å². The molecule has 1 aromatic rings. The Balaban J connectivity index is 0.00000200. The largest absolute Gasteiger partial charge is 0.327 e. The summed E-state index contributed by atoms with van der Waals surface area (Å²) in [6.45, 7) is 0.144. The first-order valence-corrected chi connectivity index (χ1v) is 7.16. The van der Waals surface area contributed by atoms with Crippen LogP contribution in [0.15, 0.2) is 17.0 Å². The van der Waals surface area contributed by atoms with Crippen LogP contribution in [-0.4, -0.2) is 31.9 Å². The van der Waals surface area contributed by atoms with Crippen LogP contribution in [0.3, 0.4) is 0 Å². The Morgan fingerprint density at radius 1 is 1.20 bits per heavy atom. The normalized spacial score (nSPS) is 20.5. The third kappa shape index (κ3) is 3.25. The highest BCUT2D eigenvalue weighted by Crippen LogP contribution is 2.25. The third-order valence-electron chi connectivity index (χ3n) is 2.98. The highest BCUT2D eigenvalue weighted by molar-refractivity contribution is 7.89. The molecule has 2 N–H and O–H groups in total. The van der Waals surface area contributed by atoms with Crippen molar-refractivity contribution in [2.75, 3.05) is 13.1 Å². The van der Waals surface area contributed by atoms with Gasteiger partial charge in [-0.25, -0.2) is 21.6 Å². The number of piperidine rings is 1. The Morgan fingerprint density at radius 2 is 1.75 bits per heavy atom.